The molecule has 0 spiro atoms. The van der Waals surface area contributed by atoms with Crippen molar-refractivity contribution in [3.05, 3.63) is 48.2 Å². The summed E-state index contributed by atoms with van der Waals surface area (Å²) in [7, 11) is -3.64. The van der Waals surface area contributed by atoms with Crippen LogP contribution in [0.2, 0.25) is 0 Å². The average Bonchev–Trinajstić information content (AvgIpc) is 2.39. The van der Waals surface area contributed by atoms with Crippen LogP contribution in [-0.4, -0.2) is 18.4 Å². The summed E-state index contributed by atoms with van der Waals surface area (Å²) in [5.74, 6) is 0.111. The van der Waals surface area contributed by atoms with Gasteiger partial charge in [-0.05, 0) is 18.2 Å². The molecule has 0 aliphatic carbocycles. The minimum atomic E-state index is -3.64. The Morgan fingerprint density at radius 2 is 1.79 bits per heavy atom. The number of hydrogen-bond acceptors (Lipinski definition) is 5. The molecule has 0 unspecified atom stereocenters. The lowest BCUT2D eigenvalue weighted by Crippen LogP contribution is -2.15. The van der Waals surface area contributed by atoms with Crippen LogP contribution in [0.25, 0.3) is 0 Å². The summed E-state index contributed by atoms with van der Waals surface area (Å²) in [6.07, 6.45) is 1.19. The van der Waals surface area contributed by atoms with Crippen molar-refractivity contribution in [1.29, 1.82) is 0 Å². The molecule has 0 saturated carbocycles. The molecule has 0 atom stereocenters. The maximum atomic E-state index is 12.4. The summed E-state index contributed by atoms with van der Waals surface area (Å²) in [5, 5.41) is 0. The third-order valence-electron chi connectivity index (χ3n) is 2.52. The van der Waals surface area contributed by atoms with Crippen LogP contribution in [0.3, 0.4) is 0 Å². The Labute approximate surface area is 116 Å². The molecule has 4 N–H and O–H groups in total. The molecule has 1 aromatic heterocycles. The van der Waals surface area contributed by atoms with E-state index in [9.17, 15) is 8.42 Å². The minimum absolute atomic E-state index is 0.00936. The molecule has 0 fully saturated rings. The van der Waals surface area contributed by atoms with E-state index in [0.29, 0.717) is 0 Å². The molecule has 0 amide bonds. The van der Waals surface area contributed by atoms with Crippen molar-refractivity contribution >= 4 is 32.9 Å². The lowest BCUT2D eigenvalue weighted by Gasteiger charge is -2.07. The highest BCUT2D eigenvalue weighted by Gasteiger charge is 2.19. The third-order valence-corrected chi connectivity index (χ3v) is 4.48. The Kier molecular flexibility index (Phi) is 3.50. The number of nitrogens with two attached hydrogens (primary N) is 2. The molecule has 0 saturated heterocycles. The predicted molar refractivity (Wildman–Crippen MR) is 76.4 cm³/mol. The Hall–Kier alpha value is -1.99. The van der Waals surface area contributed by atoms with Gasteiger partial charge in [-0.1, -0.05) is 30.4 Å². The van der Waals surface area contributed by atoms with Crippen LogP contribution in [-0.2, 0) is 9.84 Å². The van der Waals surface area contributed by atoms with E-state index < -0.39 is 9.84 Å². The predicted octanol–water partition coefficient (Wildman–Crippen LogP) is 1.13. The van der Waals surface area contributed by atoms with Crippen LogP contribution in [0.15, 0.2) is 52.4 Å². The highest BCUT2D eigenvalue weighted by atomic mass is 32.2. The van der Waals surface area contributed by atoms with Gasteiger partial charge in [0, 0.05) is 6.20 Å². The molecule has 1 aromatic carbocycles. The van der Waals surface area contributed by atoms with Crippen molar-refractivity contribution in [1.82, 2.24) is 4.98 Å². The number of hydrogen-bond donors (Lipinski definition) is 2. The van der Waals surface area contributed by atoms with E-state index in [1.165, 1.54) is 24.4 Å². The van der Waals surface area contributed by atoms with Crippen molar-refractivity contribution in [2.75, 3.05) is 5.73 Å². The van der Waals surface area contributed by atoms with Gasteiger partial charge in [0.25, 0.3) is 0 Å². The minimum Gasteiger partial charge on any atom is -0.389 e. The van der Waals surface area contributed by atoms with Crippen LogP contribution in [0.5, 0.6) is 0 Å². The van der Waals surface area contributed by atoms with Crippen molar-refractivity contribution in [2.24, 2.45) is 5.73 Å². The van der Waals surface area contributed by atoms with Gasteiger partial charge in [-0.2, -0.15) is 0 Å². The monoisotopic (exact) mass is 293 g/mol. The van der Waals surface area contributed by atoms with Crippen LogP contribution in [0, 0.1) is 0 Å². The largest absolute Gasteiger partial charge is 0.389 e. The molecule has 0 radical (unpaired) electrons. The van der Waals surface area contributed by atoms with Gasteiger partial charge in [0.1, 0.15) is 10.8 Å². The van der Waals surface area contributed by atoms with E-state index in [-0.39, 0.29) is 26.2 Å². The standard InChI is InChI=1S/C12H11N3O2S2/c13-11-10(12(14)18)6-9(7-15-11)19(16,17)8-4-2-1-3-5-8/h1-7H,(H2,13,15)(H2,14,18). The van der Waals surface area contributed by atoms with Gasteiger partial charge in [0.05, 0.1) is 15.4 Å². The second-order valence-electron chi connectivity index (χ2n) is 3.78. The lowest BCUT2D eigenvalue weighted by molar-refractivity contribution is 0.595. The van der Waals surface area contributed by atoms with Crippen molar-refractivity contribution in [3.8, 4) is 0 Å². The number of sulfone groups is 1. The molecule has 98 valence electrons. The van der Waals surface area contributed by atoms with Crippen molar-refractivity contribution < 1.29 is 8.42 Å². The number of pyridine rings is 1. The van der Waals surface area contributed by atoms with Crippen molar-refractivity contribution in [3.63, 3.8) is 0 Å². The molecule has 0 bridgehead atoms. The van der Waals surface area contributed by atoms with Crippen LogP contribution >= 0.6 is 12.2 Å². The zero-order valence-corrected chi connectivity index (χ0v) is 11.4. The molecule has 5 nitrogen and oxygen atoms in total. The highest BCUT2D eigenvalue weighted by molar-refractivity contribution is 7.91. The zero-order chi connectivity index (χ0) is 14.0. The summed E-state index contributed by atoms with van der Waals surface area (Å²) in [6.45, 7) is 0. The maximum Gasteiger partial charge on any atom is 0.208 e. The molecule has 19 heavy (non-hydrogen) atoms. The Bertz CT molecular complexity index is 728. The molecule has 2 aromatic rings. The Balaban J connectivity index is 2.60. The first kappa shape index (κ1) is 13.4. The van der Waals surface area contributed by atoms with E-state index in [2.05, 4.69) is 4.98 Å². The van der Waals surface area contributed by atoms with E-state index in [0.717, 1.165) is 0 Å². The second kappa shape index (κ2) is 4.94. The normalized spacial score (nSPS) is 11.2. The number of anilines is 1. The fourth-order valence-corrected chi connectivity index (χ4v) is 2.95. The van der Waals surface area contributed by atoms with Crippen LogP contribution in [0.4, 0.5) is 5.82 Å². The molecular weight excluding hydrogens is 282 g/mol. The summed E-state index contributed by atoms with van der Waals surface area (Å²) in [6, 6.07) is 9.38. The van der Waals surface area contributed by atoms with Crippen LogP contribution in [0.1, 0.15) is 5.56 Å². The lowest BCUT2D eigenvalue weighted by atomic mass is 10.2. The van der Waals surface area contributed by atoms with Gasteiger partial charge >= 0.3 is 0 Å². The first-order valence-corrected chi connectivity index (χ1v) is 7.17. The third kappa shape index (κ3) is 2.56. The summed E-state index contributed by atoms with van der Waals surface area (Å²) < 4.78 is 24.7. The zero-order valence-electron chi connectivity index (χ0n) is 9.78. The summed E-state index contributed by atoms with van der Waals surface area (Å²) in [5.41, 5.74) is 11.3. The van der Waals surface area contributed by atoms with E-state index in [1.54, 1.807) is 18.2 Å². The second-order valence-corrected chi connectivity index (χ2v) is 6.17. The van der Waals surface area contributed by atoms with E-state index >= 15 is 0 Å². The van der Waals surface area contributed by atoms with Gasteiger partial charge in [0.2, 0.25) is 9.84 Å². The van der Waals surface area contributed by atoms with Gasteiger partial charge in [0.15, 0.2) is 0 Å². The number of rotatable bonds is 3. The highest BCUT2D eigenvalue weighted by Crippen LogP contribution is 2.22. The summed E-state index contributed by atoms with van der Waals surface area (Å²) >= 11 is 4.81. The number of thiocarbonyl (C=S) groups is 1. The molecule has 7 heteroatoms. The average molecular weight is 293 g/mol. The molecule has 0 aliphatic heterocycles. The summed E-state index contributed by atoms with van der Waals surface area (Å²) in [4.78, 5) is 4.02. The first-order valence-electron chi connectivity index (χ1n) is 5.28. The fourth-order valence-electron chi connectivity index (χ4n) is 1.54. The number of benzene rings is 1. The fraction of sp³-hybridized carbons (Fsp3) is 0. The van der Waals surface area contributed by atoms with E-state index in [1.807, 2.05) is 0 Å². The number of nitrogen functional groups attached to an aromatic ring is 1. The number of aromatic nitrogens is 1. The van der Waals surface area contributed by atoms with Crippen molar-refractivity contribution in [2.45, 2.75) is 9.79 Å². The molecule has 0 aliphatic rings. The topological polar surface area (TPSA) is 99.1 Å². The number of nitrogens with zero attached hydrogens (tertiary/aromatic N) is 1. The smallest absolute Gasteiger partial charge is 0.208 e. The van der Waals surface area contributed by atoms with Gasteiger partial charge in [-0.25, -0.2) is 13.4 Å². The molecule has 1 heterocycles. The molecular formula is C12H11N3O2S2. The van der Waals surface area contributed by atoms with Gasteiger partial charge in [-0.15, -0.1) is 0 Å². The quantitative estimate of drug-likeness (QED) is 0.823. The van der Waals surface area contributed by atoms with Crippen LogP contribution < -0.4 is 11.5 Å². The van der Waals surface area contributed by atoms with Gasteiger partial charge < -0.3 is 11.5 Å². The SMILES string of the molecule is NC(=S)c1cc(S(=O)(=O)c2ccccc2)cnc1N. The maximum absolute atomic E-state index is 12.4. The molecule has 2 rings (SSSR count). The Morgan fingerprint density at radius 3 is 2.37 bits per heavy atom. The Morgan fingerprint density at radius 1 is 1.16 bits per heavy atom. The first-order chi connectivity index (χ1) is 8.93. The van der Waals surface area contributed by atoms with E-state index in [4.69, 9.17) is 23.7 Å². The van der Waals surface area contributed by atoms with Gasteiger partial charge in [-0.3, -0.25) is 0 Å².